The van der Waals surface area contributed by atoms with Crippen molar-refractivity contribution in [2.75, 3.05) is 0 Å². The van der Waals surface area contributed by atoms with Gasteiger partial charge in [-0.1, -0.05) is 24.3 Å². The number of azo groups is 1. The van der Waals surface area contributed by atoms with Gasteiger partial charge in [0.2, 0.25) is 5.11 Å². The van der Waals surface area contributed by atoms with Gasteiger partial charge in [-0.2, -0.15) is 4.99 Å². The molecule has 0 saturated heterocycles. The van der Waals surface area contributed by atoms with Gasteiger partial charge in [0.25, 0.3) is 0 Å². The molecule has 0 atom stereocenters. The summed E-state index contributed by atoms with van der Waals surface area (Å²) in [6.45, 7) is 2.01. The molecule has 0 aromatic heterocycles. The summed E-state index contributed by atoms with van der Waals surface area (Å²) in [5.41, 5.74) is 2.12. The highest BCUT2D eigenvalue weighted by molar-refractivity contribution is 7.80. The summed E-state index contributed by atoms with van der Waals surface area (Å²) in [5, 5.41) is 7.87. The standard InChI is InChI=1S/C9H7N3S/c1-6-4-2-3-5-7(6)8-10-9(13)12-11-8/h2-5H,1H3. The van der Waals surface area contributed by atoms with Crippen LogP contribution in [0.15, 0.2) is 39.5 Å². The highest BCUT2D eigenvalue weighted by Gasteiger charge is 2.10. The smallest absolute Gasteiger partial charge is 0.195 e. The van der Waals surface area contributed by atoms with E-state index in [1.165, 1.54) is 0 Å². The third-order valence-corrected chi connectivity index (χ3v) is 1.99. The summed E-state index contributed by atoms with van der Waals surface area (Å²) in [6, 6.07) is 7.89. The molecule has 1 aliphatic rings. The van der Waals surface area contributed by atoms with Gasteiger partial charge in [-0.3, -0.25) is 0 Å². The number of thiocarbonyl (C=S) groups is 1. The molecular formula is C9H7N3S. The molecule has 1 heterocycles. The van der Waals surface area contributed by atoms with E-state index in [0.717, 1.165) is 11.1 Å². The fourth-order valence-corrected chi connectivity index (χ4v) is 1.29. The van der Waals surface area contributed by atoms with Crippen LogP contribution in [0.2, 0.25) is 0 Å². The second-order valence-corrected chi connectivity index (χ2v) is 3.10. The highest BCUT2D eigenvalue weighted by Crippen LogP contribution is 2.13. The second-order valence-electron chi connectivity index (χ2n) is 2.73. The van der Waals surface area contributed by atoms with Crippen LogP contribution in [0.3, 0.4) is 0 Å². The van der Waals surface area contributed by atoms with E-state index in [1.807, 2.05) is 31.2 Å². The Morgan fingerprint density at radius 2 is 1.92 bits per heavy atom. The molecule has 0 radical (unpaired) electrons. The van der Waals surface area contributed by atoms with Crippen LogP contribution in [0.1, 0.15) is 11.1 Å². The first kappa shape index (κ1) is 8.19. The lowest BCUT2D eigenvalue weighted by atomic mass is 10.1. The van der Waals surface area contributed by atoms with E-state index in [9.17, 15) is 0 Å². The van der Waals surface area contributed by atoms with Crippen molar-refractivity contribution in [1.29, 1.82) is 0 Å². The number of aryl methyl sites for hydroxylation is 1. The summed E-state index contributed by atoms with van der Waals surface area (Å²) >= 11 is 4.79. The van der Waals surface area contributed by atoms with E-state index in [4.69, 9.17) is 12.2 Å². The van der Waals surface area contributed by atoms with E-state index < -0.39 is 0 Å². The molecule has 1 aliphatic heterocycles. The number of hydrogen-bond donors (Lipinski definition) is 0. The van der Waals surface area contributed by atoms with Crippen molar-refractivity contribution < 1.29 is 0 Å². The lowest BCUT2D eigenvalue weighted by Crippen LogP contribution is -1.96. The predicted octanol–water partition coefficient (Wildman–Crippen LogP) is 2.49. The summed E-state index contributed by atoms with van der Waals surface area (Å²) in [7, 11) is 0. The molecule has 0 aliphatic carbocycles. The normalized spacial score (nSPS) is 14.8. The van der Waals surface area contributed by atoms with Gasteiger partial charge in [0, 0.05) is 5.56 Å². The molecule has 0 spiro atoms. The minimum absolute atomic E-state index is 0.304. The molecule has 2 rings (SSSR count). The zero-order valence-electron chi connectivity index (χ0n) is 7.06. The maximum atomic E-state index is 4.79. The van der Waals surface area contributed by atoms with Gasteiger partial charge in [-0.05, 0) is 24.7 Å². The SMILES string of the molecule is Cc1ccccc1C1=NC(=S)N=N1. The Hall–Kier alpha value is -1.42. The van der Waals surface area contributed by atoms with E-state index in [1.54, 1.807) is 0 Å². The van der Waals surface area contributed by atoms with Crippen LogP contribution in [0, 0.1) is 6.92 Å². The monoisotopic (exact) mass is 189 g/mol. The maximum absolute atomic E-state index is 4.79. The van der Waals surface area contributed by atoms with Crippen LogP contribution in [0.4, 0.5) is 0 Å². The van der Waals surface area contributed by atoms with Gasteiger partial charge in [-0.15, -0.1) is 10.2 Å². The summed E-state index contributed by atoms with van der Waals surface area (Å²) in [5.74, 6) is 0.614. The van der Waals surface area contributed by atoms with Gasteiger partial charge < -0.3 is 0 Å². The zero-order valence-corrected chi connectivity index (χ0v) is 7.88. The first-order valence-electron chi connectivity index (χ1n) is 3.88. The first-order valence-corrected chi connectivity index (χ1v) is 4.28. The van der Waals surface area contributed by atoms with E-state index in [2.05, 4.69) is 15.2 Å². The van der Waals surface area contributed by atoms with Crippen LogP contribution in [0.5, 0.6) is 0 Å². The maximum Gasteiger partial charge on any atom is 0.242 e. The number of nitrogens with zero attached hydrogens (tertiary/aromatic N) is 3. The highest BCUT2D eigenvalue weighted by atomic mass is 32.1. The largest absolute Gasteiger partial charge is 0.242 e. The Labute approximate surface area is 81.2 Å². The van der Waals surface area contributed by atoms with Crippen molar-refractivity contribution in [3.63, 3.8) is 0 Å². The lowest BCUT2D eigenvalue weighted by molar-refractivity contribution is 1.37. The third-order valence-electron chi connectivity index (χ3n) is 1.82. The van der Waals surface area contributed by atoms with Crippen molar-refractivity contribution in [3.8, 4) is 0 Å². The number of aliphatic imine (C=N–C) groups is 1. The minimum Gasteiger partial charge on any atom is -0.195 e. The average Bonchev–Trinajstić information content (AvgIpc) is 2.53. The van der Waals surface area contributed by atoms with E-state index in [-0.39, 0.29) is 0 Å². The van der Waals surface area contributed by atoms with Crippen molar-refractivity contribution in [2.45, 2.75) is 6.92 Å². The fourth-order valence-electron chi connectivity index (χ4n) is 1.16. The van der Waals surface area contributed by atoms with Crippen LogP contribution in [-0.2, 0) is 0 Å². The minimum atomic E-state index is 0.304. The fraction of sp³-hybridized carbons (Fsp3) is 0.111. The number of hydrogen-bond acceptors (Lipinski definition) is 2. The molecule has 13 heavy (non-hydrogen) atoms. The first-order chi connectivity index (χ1) is 6.27. The topological polar surface area (TPSA) is 37.1 Å². The molecular weight excluding hydrogens is 182 g/mol. The Morgan fingerprint density at radius 3 is 2.54 bits per heavy atom. The molecule has 0 saturated carbocycles. The Kier molecular flexibility index (Phi) is 1.98. The molecule has 0 amide bonds. The molecule has 4 heteroatoms. The molecule has 1 aromatic rings. The van der Waals surface area contributed by atoms with Gasteiger partial charge >= 0.3 is 0 Å². The Bertz CT molecular complexity index is 421. The van der Waals surface area contributed by atoms with Crippen molar-refractivity contribution in [2.24, 2.45) is 15.2 Å². The van der Waals surface area contributed by atoms with Crippen molar-refractivity contribution in [1.82, 2.24) is 0 Å². The molecule has 3 nitrogen and oxygen atoms in total. The summed E-state index contributed by atoms with van der Waals surface area (Å²) < 4.78 is 0. The predicted molar refractivity (Wildman–Crippen MR) is 55.2 cm³/mol. The molecule has 64 valence electrons. The molecule has 0 N–H and O–H groups in total. The van der Waals surface area contributed by atoms with E-state index in [0.29, 0.717) is 10.9 Å². The summed E-state index contributed by atoms with van der Waals surface area (Å²) in [6.07, 6.45) is 0. The van der Waals surface area contributed by atoms with Crippen LogP contribution in [-0.4, -0.2) is 10.9 Å². The molecule has 0 bridgehead atoms. The zero-order chi connectivity index (χ0) is 9.26. The van der Waals surface area contributed by atoms with Crippen LogP contribution < -0.4 is 0 Å². The lowest BCUT2D eigenvalue weighted by Gasteiger charge is -1.99. The average molecular weight is 189 g/mol. The third kappa shape index (κ3) is 1.53. The molecule has 1 aromatic carbocycles. The number of benzene rings is 1. The van der Waals surface area contributed by atoms with Crippen molar-refractivity contribution >= 4 is 23.2 Å². The molecule has 0 fully saturated rings. The second kappa shape index (κ2) is 3.14. The van der Waals surface area contributed by atoms with E-state index >= 15 is 0 Å². The Morgan fingerprint density at radius 1 is 1.15 bits per heavy atom. The van der Waals surface area contributed by atoms with Crippen molar-refractivity contribution in [3.05, 3.63) is 35.4 Å². The molecule has 0 unspecified atom stereocenters. The van der Waals surface area contributed by atoms with Gasteiger partial charge in [-0.25, -0.2) is 0 Å². The van der Waals surface area contributed by atoms with Crippen LogP contribution in [0.25, 0.3) is 0 Å². The number of amidine groups is 1. The Balaban J connectivity index is 2.48. The van der Waals surface area contributed by atoms with Crippen LogP contribution >= 0.6 is 12.2 Å². The van der Waals surface area contributed by atoms with Gasteiger partial charge in [0.1, 0.15) is 0 Å². The van der Waals surface area contributed by atoms with Gasteiger partial charge in [0.15, 0.2) is 5.84 Å². The summed E-state index contributed by atoms with van der Waals surface area (Å²) in [4.78, 5) is 4.03. The van der Waals surface area contributed by atoms with Gasteiger partial charge in [0.05, 0.1) is 0 Å². The quantitative estimate of drug-likeness (QED) is 0.625. The number of rotatable bonds is 1.